The smallest absolute Gasteiger partial charge is 0.221 e. The number of halogens is 1. The number of hydrogen-bond donors (Lipinski definition) is 2. The van der Waals surface area contributed by atoms with E-state index < -0.39 is 0 Å². The van der Waals surface area contributed by atoms with Gasteiger partial charge in [0.05, 0.1) is 5.39 Å². The monoisotopic (exact) mass is 365 g/mol. The molecule has 4 N–H and O–H groups in total. The third kappa shape index (κ3) is 2.35. The number of nitrogens with zero attached hydrogens (tertiary/aromatic N) is 3. The predicted octanol–water partition coefficient (Wildman–Crippen LogP) is 2.25. The first kappa shape index (κ1) is 12.2. The van der Waals surface area contributed by atoms with E-state index in [9.17, 15) is 0 Å². The second-order valence-electron chi connectivity index (χ2n) is 4.31. The predicted molar refractivity (Wildman–Crippen MR) is 84.6 cm³/mol. The normalized spacial score (nSPS) is 11.0. The van der Waals surface area contributed by atoms with Crippen molar-refractivity contribution >= 4 is 45.3 Å². The molecule has 1 aromatic carbocycles. The number of aromatic nitrogens is 3. The first-order chi connectivity index (χ1) is 9.13. The maximum Gasteiger partial charge on any atom is 0.221 e. The lowest BCUT2D eigenvalue weighted by atomic mass is 10.2. The molecule has 0 fully saturated rings. The number of rotatable bonds is 2. The molecule has 6 heteroatoms. The highest BCUT2D eigenvalue weighted by Gasteiger charge is 2.09. The minimum Gasteiger partial charge on any atom is -0.399 e. The van der Waals surface area contributed by atoms with Crippen molar-refractivity contribution in [1.82, 2.24) is 14.5 Å². The van der Waals surface area contributed by atoms with E-state index in [0.717, 1.165) is 26.8 Å². The van der Waals surface area contributed by atoms with Crippen molar-refractivity contribution in [2.24, 2.45) is 0 Å². The highest BCUT2D eigenvalue weighted by molar-refractivity contribution is 14.1. The minimum absolute atomic E-state index is 0.292. The lowest BCUT2D eigenvalue weighted by molar-refractivity contribution is 0.823. The van der Waals surface area contributed by atoms with Crippen molar-refractivity contribution in [2.45, 2.75) is 6.54 Å². The van der Waals surface area contributed by atoms with E-state index in [-0.39, 0.29) is 0 Å². The van der Waals surface area contributed by atoms with Gasteiger partial charge in [-0.05, 0) is 40.3 Å². The zero-order valence-electron chi connectivity index (χ0n) is 10.0. The molecule has 0 bridgehead atoms. The molecule has 0 unspecified atom stereocenters. The fourth-order valence-electron chi connectivity index (χ4n) is 1.98. The molecule has 0 saturated carbocycles. The maximum atomic E-state index is 5.69. The van der Waals surface area contributed by atoms with Crippen LogP contribution in [0.1, 0.15) is 5.56 Å². The average molecular weight is 365 g/mol. The summed E-state index contributed by atoms with van der Waals surface area (Å²) in [5.74, 6) is 0.292. The van der Waals surface area contributed by atoms with Gasteiger partial charge in [-0.3, -0.25) is 0 Å². The summed E-state index contributed by atoms with van der Waals surface area (Å²) >= 11 is 2.28. The van der Waals surface area contributed by atoms with E-state index in [1.54, 1.807) is 6.20 Å². The van der Waals surface area contributed by atoms with E-state index >= 15 is 0 Å². The Labute approximate surface area is 123 Å². The van der Waals surface area contributed by atoms with Crippen LogP contribution in [0.2, 0.25) is 0 Å². The molecule has 0 aliphatic carbocycles. The number of nitrogens with two attached hydrogens (primary N) is 2. The Morgan fingerprint density at radius 3 is 2.63 bits per heavy atom. The first-order valence-corrected chi connectivity index (χ1v) is 6.82. The van der Waals surface area contributed by atoms with Crippen molar-refractivity contribution in [3.05, 3.63) is 45.8 Å². The highest BCUT2D eigenvalue weighted by Crippen LogP contribution is 2.22. The molecule has 2 aromatic heterocycles. The second kappa shape index (κ2) is 4.69. The van der Waals surface area contributed by atoms with Crippen LogP contribution in [0.25, 0.3) is 11.0 Å². The third-order valence-electron chi connectivity index (χ3n) is 2.92. The third-order valence-corrected chi connectivity index (χ3v) is 3.78. The van der Waals surface area contributed by atoms with Crippen molar-refractivity contribution in [3.63, 3.8) is 0 Å². The Bertz CT molecular complexity index is 733. The van der Waals surface area contributed by atoms with E-state index in [0.29, 0.717) is 5.95 Å². The van der Waals surface area contributed by atoms with E-state index in [1.807, 2.05) is 24.3 Å². The van der Waals surface area contributed by atoms with Crippen molar-refractivity contribution in [1.29, 1.82) is 0 Å². The summed E-state index contributed by atoms with van der Waals surface area (Å²) in [5, 5.41) is 1.02. The molecule has 96 valence electrons. The van der Waals surface area contributed by atoms with Crippen LogP contribution in [0.5, 0.6) is 0 Å². The molecule has 0 radical (unpaired) electrons. The maximum absolute atomic E-state index is 5.69. The number of anilines is 2. The average Bonchev–Trinajstić information content (AvgIpc) is 2.69. The molecule has 3 rings (SSSR count). The lowest BCUT2D eigenvalue weighted by Gasteiger charge is -2.05. The van der Waals surface area contributed by atoms with Crippen LogP contribution in [-0.4, -0.2) is 14.5 Å². The SMILES string of the molecule is Nc1ccc(Cn2cc(I)c3cnc(N)nc32)cc1. The summed E-state index contributed by atoms with van der Waals surface area (Å²) in [6.07, 6.45) is 3.81. The van der Waals surface area contributed by atoms with Gasteiger partial charge >= 0.3 is 0 Å². The molecule has 0 saturated heterocycles. The van der Waals surface area contributed by atoms with E-state index in [2.05, 4.69) is 43.3 Å². The first-order valence-electron chi connectivity index (χ1n) is 5.75. The van der Waals surface area contributed by atoms with Crippen LogP contribution in [0.15, 0.2) is 36.7 Å². The summed E-state index contributed by atoms with van der Waals surface area (Å²) in [6, 6.07) is 7.82. The molecular weight excluding hydrogens is 353 g/mol. The van der Waals surface area contributed by atoms with Gasteiger partial charge in [0.1, 0.15) is 5.65 Å². The zero-order valence-corrected chi connectivity index (χ0v) is 12.2. The minimum atomic E-state index is 0.292. The Kier molecular flexibility index (Phi) is 3.02. The summed E-state index contributed by atoms with van der Waals surface area (Å²) in [7, 11) is 0. The molecule has 5 nitrogen and oxygen atoms in total. The molecule has 0 atom stereocenters. The van der Waals surface area contributed by atoms with Crippen LogP contribution < -0.4 is 11.5 Å². The zero-order chi connectivity index (χ0) is 13.4. The van der Waals surface area contributed by atoms with Gasteiger partial charge in [-0.1, -0.05) is 12.1 Å². The number of nitrogen functional groups attached to an aromatic ring is 2. The Morgan fingerprint density at radius 1 is 1.16 bits per heavy atom. The van der Waals surface area contributed by atoms with Gasteiger partial charge in [0.15, 0.2) is 0 Å². The van der Waals surface area contributed by atoms with Crippen LogP contribution >= 0.6 is 22.6 Å². The van der Waals surface area contributed by atoms with Gasteiger partial charge in [-0.15, -0.1) is 0 Å². The summed E-state index contributed by atoms with van der Waals surface area (Å²) in [6.45, 7) is 0.732. The highest BCUT2D eigenvalue weighted by atomic mass is 127. The second-order valence-corrected chi connectivity index (χ2v) is 5.47. The van der Waals surface area contributed by atoms with Crippen LogP contribution in [0, 0.1) is 3.57 Å². The van der Waals surface area contributed by atoms with Crippen LogP contribution in [0.4, 0.5) is 11.6 Å². The standard InChI is InChI=1S/C13H12IN5/c14-11-7-19(6-8-1-3-9(15)4-2-8)12-10(11)5-17-13(16)18-12/h1-5,7H,6,15H2,(H2,16,17,18). The summed E-state index contributed by atoms with van der Waals surface area (Å²) in [4.78, 5) is 8.34. The Balaban J connectivity index is 2.05. The molecule has 0 spiro atoms. The van der Waals surface area contributed by atoms with Gasteiger partial charge in [0.2, 0.25) is 5.95 Å². The Hall–Kier alpha value is -1.83. The Morgan fingerprint density at radius 2 is 1.89 bits per heavy atom. The van der Waals surface area contributed by atoms with Crippen molar-refractivity contribution < 1.29 is 0 Å². The largest absolute Gasteiger partial charge is 0.399 e. The van der Waals surface area contributed by atoms with Crippen molar-refractivity contribution in [2.75, 3.05) is 11.5 Å². The number of hydrogen-bond acceptors (Lipinski definition) is 4. The fraction of sp³-hybridized carbons (Fsp3) is 0.0769. The molecule has 19 heavy (non-hydrogen) atoms. The van der Waals surface area contributed by atoms with Crippen LogP contribution in [0.3, 0.4) is 0 Å². The molecular formula is C13H12IN5. The van der Waals surface area contributed by atoms with E-state index in [1.165, 1.54) is 5.56 Å². The van der Waals surface area contributed by atoms with Crippen LogP contribution in [-0.2, 0) is 6.54 Å². The lowest BCUT2D eigenvalue weighted by Crippen LogP contribution is -2.01. The number of benzene rings is 1. The quantitative estimate of drug-likeness (QED) is 0.539. The topological polar surface area (TPSA) is 82.8 Å². The van der Waals surface area contributed by atoms with Gasteiger partial charge < -0.3 is 16.0 Å². The number of fused-ring (bicyclic) bond motifs is 1. The molecule has 0 amide bonds. The van der Waals surface area contributed by atoms with E-state index in [4.69, 9.17) is 11.5 Å². The van der Waals surface area contributed by atoms with Crippen molar-refractivity contribution in [3.8, 4) is 0 Å². The van der Waals surface area contributed by atoms with Gasteiger partial charge in [-0.25, -0.2) is 4.98 Å². The van der Waals surface area contributed by atoms with Gasteiger partial charge in [0, 0.05) is 28.2 Å². The summed E-state index contributed by atoms with van der Waals surface area (Å²) < 4.78 is 3.18. The molecule has 0 aliphatic rings. The molecule has 2 heterocycles. The van der Waals surface area contributed by atoms with Gasteiger partial charge in [-0.2, -0.15) is 4.98 Å². The fourth-order valence-corrected chi connectivity index (χ4v) is 2.70. The molecule has 3 aromatic rings. The molecule has 0 aliphatic heterocycles. The van der Waals surface area contributed by atoms with Gasteiger partial charge in [0.25, 0.3) is 0 Å². The summed E-state index contributed by atoms with van der Waals surface area (Å²) in [5.41, 5.74) is 14.1.